The second kappa shape index (κ2) is 5.78. The van der Waals surface area contributed by atoms with Gasteiger partial charge in [-0.2, -0.15) is 0 Å². The minimum absolute atomic E-state index is 0.0382. The smallest absolute Gasteiger partial charge is 0.330 e. The summed E-state index contributed by atoms with van der Waals surface area (Å²) in [6, 6.07) is 6.53. The van der Waals surface area contributed by atoms with E-state index in [0.717, 1.165) is 4.57 Å². The van der Waals surface area contributed by atoms with Gasteiger partial charge in [0.1, 0.15) is 11.3 Å². The second-order valence-corrected chi connectivity index (χ2v) is 4.59. The van der Waals surface area contributed by atoms with E-state index in [9.17, 15) is 14.4 Å². The number of hydrogen-bond acceptors (Lipinski definition) is 4. The van der Waals surface area contributed by atoms with E-state index in [1.165, 1.54) is 24.9 Å². The molecule has 0 radical (unpaired) electrons. The van der Waals surface area contributed by atoms with Crippen molar-refractivity contribution in [3.05, 3.63) is 62.4 Å². The minimum Gasteiger partial charge on any atom is -0.494 e. The highest BCUT2D eigenvalue weighted by Gasteiger charge is 2.16. The lowest BCUT2D eigenvalue weighted by molar-refractivity contribution is 0.103. The summed E-state index contributed by atoms with van der Waals surface area (Å²) < 4.78 is 7.43. The Kier molecular flexibility index (Phi) is 4.07. The zero-order valence-electron chi connectivity index (χ0n) is 12.1. The molecule has 0 saturated carbocycles. The zero-order chi connectivity index (χ0) is 15.6. The topological polar surface area (TPSA) is 70.3 Å². The van der Waals surface area contributed by atoms with Gasteiger partial charge in [0.2, 0.25) is 0 Å². The van der Waals surface area contributed by atoms with Crippen molar-refractivity contribution in [3.8, 4) is 5.75 Å². The number of carbonyl (C=O) groups excluding carboxylic acids is 1. The van der Waals surface area contributed by atoms with E-state index in [0.29, 0.717) is 17.9 Å². The summed E-state index contributed by atoms with van der Waals surface area (Å²) in [6.07, 6.45) is 1.27. The Morgan fingerprint density at radius 3 is 2.33 bits per heavy atom. The molecule has 0 aliphatic heterocycles. The SMILES string of the molecule is CCOc1ccc(C(=O)c2cn(C)c(=O)n(C)c2=O)cc1. The van der Waals surface area contributed by atoms with Gasteiger partial charge in [0.05, 0.1) is 6.61 Å². The number of nitrogens with zero attached hydrogens (tertiary/aromatic N) is 2. The number of aryl methyl sites for hydroxylation is 1. The third-order valence-electron chi connectivity index (χ3n) is 3.12. The Balaban J connectivity index is 2.45. The molecular weight excluding hydrogens is 272 g/mol. The summed E-state index contributed by atoms with van der Waals surface area (Å²) in [5.74, 6) is 0.233. The summed E-state index contributed by atoms with van der Waals surface area (Å²) >= 11 is 0. The molecule has 2 rings (SSSR count). The molecule has 0 amide bonds. The van der Waals surface area contributed by atoms with Crippen LogP contribution in [0, 0.1) is 0 Å². The summed E-state index contributed by atoms with van der Waals surface area (Å²) in [5.41, 5.74) is -0.738. The van der Waals surface area contributed by atoms with Crippen LogP contribution in [0.1, 0.15) is 22.8 Å². The van der Waals surface area contributed by atoms with Crippen molar-refractivity contribution in [1.29, 1.82) is 0 Å². The highest BCUT2D eigenvalue weighted by molar-refractivity contribution is 6.08. The van der Waals surface area contributed by atoms with Crippen LogP contribution in [0.5, 0.6) is 5.75 Å². The molecule has 0 aliphatic carbocycles. The molecular formula is C15H16N2O4. The van der Waals surface area contributed by atoms with Crippen LogP contribution < -0.4 is 16.0 Å². The molecule has 1 heterocycles. The molecule has 0 bridgehead atoms. The van der Waals surface area contributed by atoms with Crippen molar-refractivity contribution in [2.24, 2.45) is 14.1 Å². The predicted molar refractivity (Wildman–Crippen MR) is 78.0 cm³/mol. The summed E-state index contributed by atoms with van der Waals surface area (Å²) in [4.78, 5) is 36.0. The van der Waals surface area contributed by atoms with Gasteiger partial charge in [-0.1, -0.05) is 0 Å². The average Bonchev–Trinajstić information content (AvgIpc) is 2.49. The summed E-state index contributed by atoms with van der Waals surface area (Å²) in [6.45, 7) is 2.40. The van der Waals surface area contributed by atoms with Gasteiger partial charge in [0.25, 0.3) is 5.56 Å². The van der Waals surface area contributed by atoms with Crippen LogP contribution in [-0.4, -0.2) is 21.5 Å². The van der Waals surface area contributed by atoms with Crippen LogP contribution in [-0.2, 0) is 14.1 Å². The molecule has 2 aromatic rings. The van der Waals surface area contributed by atoms with Crippen molar-refractivity contribution in [2.75, 3.05) is 6.61 Å². The van der Waals surface area contributed by atoms with Gasteiger partial charge in [-0.25, -0.2) is 4.79 Å². The molecule has 1 aromatic heterocycles. The second-order valence-electron chi connectivity index (χ2n) is 4.59. The highest BCUT2D eigenvalue weighted by Crippen LogP contribution is 2.14. The predicted octanol–water partition coefficient (Wildman–Crippen LogP) is 0.714. The minimum atomic E-state index is -0.600. The lowest BCUT2D eigenvalue weighted by atomic mass is 10.1. The highest BCUT2D eigenvalue weighted by atomic mass is 16.5. The number of ether oxygens (including phenoxy) is 1. The van der Waals surface area contributed by atoms with Crippen molar-refractivity contribution < 1.29 is 9.53 Å². The maximum Gasteiger partial charge on any atom is 0.330 e. The van der Waals surface area contributed by atoms with Crippen LogP contribution in [0.3, 0.4) is 0 Å². The van der Waals surface area contributed by atoms with Crippen molar-refractivity contribution in [3.63, 3.8) is 0 Å². The molecule has 1 aromatic carbocycles. The maximum atomic E-state index is 12.4. The quantitative estimate of drug-likeness (QED) is 0.777. The number of carbonyl (C=O) groups is 1. The molecule has 0 unspecified atom stereocenters. The molecule has 0 N–H and O–H groups in total. The first-order chi connectivity index (χ1) is 9.95. The fourth-order valence-electron chi connectivity index (χ4n) is 1.99. The van der Waals surface area contributed by atoms with E-state index in [1.54, 1.807) is 24.3 Å². The number of hydrogen-bond donors (Lipinski definition) is 0. The Morgan fingerprint density at radius 2 is 1.76 bits per heavy atom. The molecule has 6 nitrogen and oxygen atoms in total. The molecule has 110 valence electrons. The normalized spacial score (nSPS) is 10.4. The Hall–Kier alpha value is -2.63. The van der Waals surface area contributed by atoms with Gasteiger partial charge >= 0.3 is 5.69 Å². The van der Waals surface area contributed by atoms with E-state index in [4.69, 9.17) is 4.74 Å². The number of aromatic nitrogens is 2. The van der Waals surface area contributed by atoms with Gasteiger partial charge in [0, 0.05) is 25.9 Å². The Labute approximate surface area is 121 Å². The molecule has 0 saturated heterocycles. The summed E-state index contributed by atoms with van der Waals surface area (Å²) in [7, 11) is 2.84. The largest absolute Gasteiger partial charge is 0.494 e. The lowest BCUT2D eigenvalue weighted by Crippen LogP contribution is -2.39. The van der Waals surface area contributed by atoms with Crippen LogP contribution in [0.2, 0.25) is 0 Å². The number of ketones is 1. The number of rotatable bonds is 4. The fourth-order valence-corrected chi connectivity index (χ4v) is 1.99. The van der Waals surface area contributed by atoms with Crippen LogP contribution in [0.4, 0.5) is 0 Å². The third-order valence-corrected chi connectivity index (χ3v) is 3.12. The number of benzene rings is 1. The van der Waals surface area contributed by atoms with Crippen LogP contribution in [0.25, 0.3) is 0 Å². The first kappa shape index (κ1) is 14.8. The van der Waals surface area contributed by atoms with Gasteiger partial charge in [-0.3, -0.25) is 14.2 Å². The van der Waals surface area contributed by atoms with E-state index >= 15 is 0 Å². The van der Waals surface area contributed by atoms with Gasteiger partial charge in [-0.15, -0.1) is 0 Å². The van der Waals surface area contributed by atoms with Crippen LogP contribution >= 0.6 is 0 Å². The van der Waals surface area contributed by atoms with Crippen LogP contribution in [0.15, 0.2) is 40.1 Å². The van der Waals surface area contributed by atoms with E-state index < -0.39 is 17.0 Å². The monoisotopic (exact) mass is 288 g/mol. The molecule has 0 fully saturated rings. The molecule has 0 spiro atoms. The molecule has 6 heteroatoms. The Bertz CT molecular complexity index is 785. The molecule has 21 heavy (non-hydrogen) atoms. The van der Waals surface area contributed by atoms with Crippen molar-refractivity contribution in [2.45, 2.75) is 6.92 Å². The average molecular weight is 288 g/mol. The lowest BCUT2D eigenvalue weighted by Gasteiger charge is -2.07. The first-order valence-corrected chi connectivity index (χ1v) is 6.50. The fraction of sp³-hybridized carbons (Fsp3) is 0.267. The van der Waals surface area contributed by atoms with Gasteiger partial charge in [-0.05, 0) is 31.2 Å². The van der Waals surface area contributed by atoms with E-state index in [-0.39, 0.29) is 5.56 Å². The third kappa shape index (κ3) is 2.79. The standard InChI is InChI=1S/C15H16N2O4/c1-4-21-11-7-5-10(6-8-11)13(18)12-9-16(2)15(20)17(3)14(12)19/h5-9H,4H2,1-3H3. The zero-order valence-corrected chi connectivity index (χ0v) is 12.1. The first-order valence-electron chi connectivity index (χ1n) is 6.50. The molecule has 0 aliphatic rings. The maximum absolute atomic E-state index is 12.4. The Morgan fingerprint density at radius 1 is 1.14 bits per heavy atom. The summed E-state index contributed by atoms with van der Waals surface area (Å²) in [5, 5.41) is 0. The van der Waals surface area contributed by atoms with Crippen molar-refractivity contribution in [1.82, 2.24) is 9.13 Å². The van der Waals surface area contributed by atoms with Gasteiger partial charge < -0.3 is 9.30 Å². The van der Waals surface area contributed by atoms with E-state index in [2.05, 4.69) is 0 Å². The molecule has 0 atom stereocenters. The van der Waals surface area contributed by atoms with E-state index in [1.807, 2.05) is 6.92 Å². The van der Waals surface area contributed by atoms with Crippen molar-refractivity contribution >= 4 is 5.78 Å². The van der Waals surface area contributed by atoms with Gasteiger partial charge in [0.15, 0.2) is 5.78 Å².